The number of esters is 1. The van der Waals surface area contributed by atoms with E-state index in [-0.39, 0.29) is 12.5 Å². The van der Waals surface area contributed by atoms with Crippen molar-refractivity contribution in [3.63, 3.8) is 0 Å². The molecule has 1 aromatic heterocycles. The molecule has 0 saturated heterocycles. The molecule has 1 fully saturated rings. The highest BCUT2D eigenvalue weighted by Crippen LogP contribution is 2.41. The van der Waals surface area contributed by atoms with Crippen LogP contribution in [0.5, 0.6) is 0 Å². The Kier molecular flexibility index (Phi) is 6.75. The van der Waals surface area contributed by atoms with Crippen LogP contribution in [-0.4, -0.2) is 29.6 Å². The minimum atomic E-state index is -0.915. The third kappa shape index (κ3) is 4.24. The van der Waals surface area contributed by atoms with E-state index in [4.69, 9.17) is 4.74 Å². The maximum absolute atomic E-state index is 12.9. The number of fused-ring (bicyclic) bond motifs is 1. The Morgan fingerprint density at radius 3 is 2.50 bits per heavy atom. The first-order chi connectivity index (χ1) is 13.5. The van der Waals surface area contributed by atoms with Crippen LogP contribution in [0.3, 0.4) is 0 Å². The molecule has 3 atom stereocenters. The number of hydrogen-bond donors (Lipinski definition) is 2. The lowest BCUT2D eigenvalue weighted by molar-refractivity contribution is -0.147. The predicted octanol–water partition coefficient (Wildman–Crippen LogP) is 4.27. The van der Waals surface area contributed by atoms with Crippen LogP contribution in [0.4, 0.5) is 5.00 Å². The fourth-order valence-corrected chi connectivity index (χ4v) is 5.81. The minimum Gasteiger partial charge on any atom is -0.481 e. The van der Waals surface area contributed by atoms with E-state index >= 15 is 0 Å². The highest BCUT2D eigenvalue weighted by atomic mass is 32.1. The van der Waals surface area contributed by atoms with E-state index in [1.54, 1.807) is 6.92 Å². The number of anilines is 1. The van der Waals surface area contributed by atoms with Gasteiger partial charge in [-0.15, -0.1) is 11.3 Å². The van der Waals surface area contributed by atoms with Crippen molar-refractivity contribution in [1.29, 1.82) is 0 Å². The second-order valence-corrected chi connectivity index (χ2v) is 8.88. The summed E-state index contributed by atoms with van der Waals surface area (Å²) in [5.74, 6) is -2.21. The smallest absolute Gasteiger partial charge is 0.341 e. The molecule has 6 nitrogen and oxygen atoms in total. The summed E-state index contributed by atoms with van der Waals surface area (Å²) in [5.41, 5.74) is 1.48. The van der Waals surface area contributed by atoms with Crippen LogP contribution in [0.15, 0.2) is 0 Å². The molecule has 1 amide bonds. The largest absolute Gasteiger partial charge is 0.481 e. The zero-order valence-electron chi connectivity index (χ0n) is 16.6. The van der Waals surface area contributed by atoms with Crippen LogP contribution < -0.4 is 5.32 Å². The van der Waals surface area contributed by atoms with Gasteiger partial charge in [-0.25, -0.2) is 4.79 Å². The van der Waals surface area contributed by atoms with Crippen molar-refractivity contribution in [3.05, 3.63) is 16.0 Å². The van der Waals surface area contributed by atoms with E-state index in [1.165, 1.54) is 11.3 Å². The van der Waals surface area contributed by atoms with E-state index in [2.05, 4.69) is 12.2 Å². The van der Waals surface area contributed by atoms with Gasteiger partial charge in [0, 0.05) is 4.88 Å². The molecule has 154 valence electrons. The Morgan fingerprint density at radius 2 is 1.86 bits per heavy atom. The second-order valence-electron chi connectivity index (χ2n) is 7.77. The highest BCUT2D eigenvalue weighted by molar-refractivity contribution is 7.17. The molecule has 0 aliphatic heterocycles. The molecule has 1 saturated carbocycles. The molecule has 2 aliphatic rings. The molecule has 28 heavy (non-hydrogen) atoms. The van der Waals surface area contributed by atoms with Crippen molar-refractivity contribution in [3.8, 4) is 0 Å². The van der Waals surface area contributed by atoms with Gasteiger partial charge >= 0.3 is 11.9 Å². The number of nitrogens with one attached hydrogen (secondary N) is 1. The molecular weight excluding hydrogens is 378 g/mol. The third-order valence-electron chi connectivity index (χ3n) is 6.08. The van der Waals surface area contributed by atoms with Gasteiger partial charge in [-0.3, -0.25) is 9.59 Å². The molecule has 0 aromatic carbocycles. The normalized spacial score (nSPS) is 24.3. The predicted molar refractivity (Wildman–Crippen MR) is 108 cm³/mol. The van der Waals surface area contributed by atoms with Gasteiger partial charge in [0.05, 0.1) is 24.0 Å². The maximum Gasteiger partial charge on any atom is 0.341 e. The molecule has 2 aliphatic carbocycles. The van der Waals surface area contributed by atoms with Crippen molar-refractivity contribution in [2.45, 2.75) is 65.2 Å². The Labute approximate surface area is 169 Å². The van der Waals surface area contributed by atoms with Gasteiger partial charge in [0.1, 0.15) is 5.00 Å². The maximum atomic E-state index is 12.9. The first-order valence-corrected chi connectivity index (χ1v) is 11.1. The number of amides is 1. The Bertz CT molecular complexity index is 756. The lowest BCUT2D eigenvalue weighted by Crippen LogP contribution is -2.36. The van der Waals surface area contributed by atoms with Crippen LogP contribution >= 0.6 is 11.3 Å². The molecule has 0 spiro atoms. The zero-order chi connectivity index (χ0) is 20.3. The fraction of sp³-hybridized carbons (Fsp3) is 0.667. The van der Waals surface area contributed by atoms with Crippen LogP contribution in [0.25, 0.3) is 0 Å². The van der Waals surface area contributed by atoms with Crippen molar-refractivity contribution in [2.75, 3.05) is 11.9 Å². The van der Waals surface area contributed by atoms with Gasteiger partial charge in [-0.1, -0.05) is 26.2 Å². The van der Waals surface area contributed by atoms with Crippen molar-refractivity contribution < 1.29 is 24.2 Å². The number of aliphatic carboxylic acids is 1. The lowest BCUT2D eigenvalue weighted by atomic mass is 9.78. The van der Waals surface area contributed by atoms with Crippen LogP contribution in [0.1, 0.15) is 73.2 Å². The van der Waals surface area contributed by atoms with Gasteiger partial charge in [0.25, 0.3) is 0 Å². The number of carbonyl (C=O) groups excluding carboxylic acids is 2. The van der Waals surface area contributed by atoms with Crippen molar-refractivity contribution in [1.82, 2.24) is 0 Å². The Balaban J connectivity index is 1.88. The SMILES string of the molecule is CCOC(=O)c1c(NC(=O)C2CCCCC2C(=O)O)sc2c1CCC(CC)C2. The molecule has 0 bridgehead atoms. The number of carbonyl (C=O) groups is 3. The second kappa shape index (κ2) is 9.07. The van der Waals surface area contributed by atoms with Crippen LogP contribution in [0, 0.1) is 17.8 Å². The minimum absolute atomic E-state index is 0.276. The van der Waals surface area contributed by atoms with Crippen molar-refractivity contribution in [2.24, 2.45) is 17.8 Å². The summed E-state index contributed by atoms with van der Waals surface area (Å²) < 4.78 is 5.25. The summed E-state index contributed by atoms with van der Waals surface area (Å²) in [6.07, 6.45) is 6.64. The quantitative estimate of drug-likeness (QED) is 0.687. The van der Waals surface area contributed by atoms with E-state index in [1.807, 2.05) is 0 Å². The average molecular weight is 408 g/mol. The fourth-order valence-electron chi connectivity index (χ4n) is 4.45. The van der Waals surface area contributed by atoms with Gasteiger partial charge in [0.15, 0.2) is 0 Å². The monoisotopic (exact) mass is 407 g/mol. The number of hydrogen-bond acceptors (Lipinski definition) is 5. The van der Waals surface area contributed by atoms with Gasteiger partial charge < -0.3 is 15.2 Å². The number of rotatable bonds is 6. The average Bonchev–Trinajstić information content (AvgIpc) is 3.04. The molecular formula is C21H29NO5S. The van der Waals surface area contributed by atoms with Gasteiger partial charge in [-0.05, 0) is 50.5 Å². The summed E-state index contributed by atoms with van der Waals surface area (Å²) >= 11 is 1.46. The van der Waals surface area contributed by atoms with E-state index in [9.17, 15) is 19.5 Å². The van der Waals surface area contributed by atoms with E-state index in [0.717, 1.165) is 49.0 Å². The summed E-state index contributed by atoms with van der Waals surface area (Å²) in [5, 5.41) is 12.9. The van der Waals surface area contributed by atoms with Crippen LogP contribution in [-0.2, 0) is 27.2 Å². The van der Waals surface area contributed by atoms with Crippen LogP contribution in [0.2, 0.25) is 0 Å². The molecule has 0 radical (unpaired) electrons. The standard InChI is InChI=1S/C21H29NO5S/c1-3-12-9-10-15-16(11-12)28-19(17(15)21(26)27-4-2)22-18(23)13-7-5-6-8-14(13)20(24)25/h12-14H,3-11H2,1-2H3,(H,22,23)(H,24,25). The summed E-state index contributed by atoms with van der Waals surface area (Å²) in [4.78, 5) is 38.3. The zero-order valence-corrected chi connectivity index (χ0v) is 17.4. The number of ether oxygens (including phenoxy) is 1. The summed E-state index contributed by atoms with van der Waals surface area (Å²) in [6, 6.07) is 0. The van der Waals surface area contributed by atoms with E-state index < -0.39 is 23.8 Å². The first kappa shape index (κ1) is 20.8. The van der Waals surface area contributed by atoms with Gasteiger partial charge in [-0.2, -0.15) is 0 Å². The highest BCUT2D eigenvalue weighted by Gasteiger charge is 2.37. The summed E-state index contributed by atoms with van der Waals surface area (Å²) in [6.45, 7) is 4.22. The Morgan fingerprint density at radius 1 is 1.14 bits per heavy atom. The summed E-state index contributed by atoms with van der Waals surface area (Å²) in [7, 11) is 0. The van der Waals surface area contributed by atoms with E-state index in [0.29, 0.717) is 29.3 Å². The molecule has 2 N–H and O–H groups in total. The molecule has 3 unspecified atom stereocenters. The topological polar surface area (TPSA) is 92.7 Å². The molecule has 1 aromatic rings. The van der Waals surface area contributed by atoms with Crippen molar-refractivity contribution >= 4 is 34.2 Å². The van der Waals surface area contributed by atoms with Gasteiger partial charge in [0.2, 0.25) is 5.91 Å². The molecule has 7 heteroatoms. The number of carboxylic acid groups (broad SMARTS) is 1. The lowest BCUT2D eigenvalue weighted by Gasteiger charge is -2.27. The molecule has 1 heterocycles. The Hall–Kier alpha value is -1.89. The molecule has 3 rings (SSSR count). The third-order valence-corrected chi connectivity index (χ3v) is 7.25. The number of carboxylic acids is 1. The first-order valence-electron chi connectivity index (χ1n) is 10.3. The number of thiophene rings is 1.